The third-order valence-electron chi connectivity index (χ3n) is 1.76. The van der Waals surface area contributed by atoms with E-state index in [9.17, 15) is 14.3 Å². The van der Waals surface area contributed by atoms with E-state index in [4.69, 9.17) is 11.6 Å². The SMILES string of the molecule is CC(C)(O)C(=O)Nc1cccc(F)c1Cl. The molecule has 0 aliphatic carbocycles. The standard InChI is InChI=1S/C10H11ClFNO2/c1-10(2,15)9(14)13-7-5-3-4-6(12)8(7)11/h3-5,15H,1-2H3,(H,13,14). The number of halogens is 2. The van der Waals surface area contributed by atoms with Crippen LogP contribution in [0.3, 0.4) is 0 Å². The van der Waals surface area contributed by atoms with Gasteiger partial charge >= 0.3 is 0 Å². The van der Waals surface area contributed by atoms with Gasteiger partial charge in [0.25, 0.3) is 5.91 Å². The van der Waals surface area contributed by atoms with E-state index in [2.05, 4.69) is 5.32 Å². The predicted molar refractivity (Wildman–Crippen MR) is 56.3 cm³/mol. The first-order valence-corrected chi connectivity index (χ1v) is 4.68. The zero-order valence-electron chi connectivity index (χ0n) is 8.34. The third kappa shape index (κ3) is 2.91. The maximum absolute atomic E-state index is 13.0. The largest absolute Gasteiger partial charge is 0.381 e. The number of aliphatic hydroxyl groups is 1. The highest BCUT2D eigenvalue weighted by atomic mass is 35.5. The van der Waals surface area contributed by atoms with Crippen LogP contribution < -0.4 is 5.32 Å². The Balaban J connectivity index is 2.91. The number of hydrogen-bond acceptors (Lipinski definition) is 2. The van der Waals surface area contributed by atoms with Crippen LogP contribution in [0.2, 0.25) is 5.02 Å². The minimum Gasteiger partial charge on any atom is -0.381 e. The van der Waals surface area contributed by atoms with Gasteiger partial charge < -0.3 is 10.4 Å². The summed E-state index contributed by atoms with van der Waals surface area (Å²) < 4.78 is 13.0. The molecule has 0 aromatic heterocycles. The minimum atomic E-state index is -1.53. The molecule has 1 rings (SSSR count). The molecule has 0 fully saturated rings. The molecule has 1 aromatic rings. The van der Waals surface area contributed by atoms with E-state index in [0.717, 1.165) is 0 Å². The Bertz CT molecular complexity index is 387. The van der Waals surface area contributed by atoms with Crippen LogP contribution in [0, 0.1) is 5.82 Å². The molecule has 0 atom stereocenters. The lowest BCUT2D eigenvalue weighted by atomic mass is 10.1. The summed E-state index contributed by atoms with van der Waals surface area (Å²) >= 11 is 5.62. The van der Waals surface area contributed by atoms with Crippen LogP contribution in [-0.2, 0) is 4.79 Å². The van der Waals surface area contributed by atoms with Crippen LogP contribution in [0.15, 0.2) is 18.2 Å². The molecule has 1 amide bonds. The van der Waals surface area contributed by atoms with Gasteiger partial charge in [0.15, 0.2) is 0 Å². The summed E-state index contributed by atoms with van der Waals surface area (Å²) in [4.78, 5) is 11.4. The lowest BCUT2D eigenvalue weighted by molar-refractivity contribution is -0.130. The monoisotopic (exact) mass is 231 g/mol. The van der Waals surface area contributed by atoms with Crippen molar-refractivity contribution in [2.45, 2.75) is 19.4 Å². The lowest BCUT2D eigenvalue weighted by Crippen LogP contribution is -2.36. The number of rotatable bonds is 2. The van der Waals surface area contributed by atoms with E-state index in [1.165, 1.54) is 32.0 Å². The Kier molecular flexibility index (Phi) is 3.31. The number of carbonyl (C=O) groups excluding carboxylic acids is 1. The molecule has 82 valence electrons. The first-order valence-electron chi connectivity index (χ1n) is 4.30. The molecule has 0 saturated carbocycles. The number of amides is 1. The number of hydrogen-bond donors (Lipinski definition) is 2. The second kappa shape index (κ2) is 4.16. The van der Waals surface area contributed by atoms with Crippen molar-refractivity contribution >= 4 is 23.2 Å². The van der Waals surface area contributed by atoms with E-state index < -0.39 is 17.3 Å². The Morgan fingerprint density at radius 2 is 2.13 bits per heavy atom. The molecular formula is C10H11ClFNO2. The Morgan fingerprint density at radius 3 is 2.67 bits per heavy atom. The van der Waals surface area contributed by atoms with E-state index in [-0.39, 0.29) is 10.7 Å². The zero-order chi connectivity index (χ0) is 11.6. The highest BCUT2D eigenvalue weighted by Gasteiger charge is 2.24. The van der Waals surface area contributed by atoms with Gasteiger partial charge in [0.05, 0.1) is 10.7 Å². The fraction of sp³-hybridized carbons (Fsp3) is 0.300. The van der Waals surface area contributed by atoms with E-state index in [0.29, 0.717) is 0 Å². The molecule has 0 aliphatic rings. The van der Waals surface area contributed by atoms with Crippen molar-refractivity contribution in [3.05, 3.63) is 29.0 Å². The molecule has 0 heterocycles. The summed E-state index contributed by atoms with van der Waals surface area (Å²) in [6.45, 7) is 2.66. The Morgan fingerprint density at radius 1 is 1.53 bits per heavy atom. The van der Waals surface area contributed by atoms with Crippen molar-refractivity contribution in [3.8, 4) is 0 Å². The highest BCUT2D eigenvalue weighted by Crippen LogP contribution is 2.25. The summed E-state index contributed by atoms with van der Waals surface area (Å²) in [6, 6.07) is 4.05. The number of benzene rings is 1. The smallest absolute Gasteiger partial charge is 0.255 e. The maximum Gasteiger partial charge on any atom is 0.255 e. The minimum absolute atomic E-state index is 0.142. The molecule has 0 unspecified atom stereocenters. The molecule has 0 bridgehead atoms. The zero-order valence-corrected chi connectivity index (χ0v) is 9.10. The van der Waals surface area contributed by atoms with Crippen molar-refractivity contribution in [1.29, 1.82) is 0 Å². The molecule has 2 N–H and O–H groups in total. The molecule has 3 nitrogen and oxygen atoms in total. The van der Waals surface area contributed by atoms with Crippen LogP contribution in [0.1, 0.15) is 13.8 Å². The average Bonchev–Trinajstić information content (AvgIpc) is 2.11. The number of nitrogens with one attached hydrogen (secondary N) is 1. The quantitative estimate of drug-likeness (QED) is 0.820. The van der Waals surface area contributed by atoms with Gasteiger partial charge in [-0.05, 0) is 26.0 Å². The van der Waals surface area contributed by atoms with Gasteiger partial charge in [-0.15, -0.1) is 0 Å². The van der Waals surface area contributed by atoms with Crippen molar-refractivity contribution in [2.24, 2.45) is 0 Å². The third-order valence-corrected chi connectivity index (χ3v) is 2.14. The Hall–Kier alpha value is -1.13. The maximum atomic E-state index is 13.0. The summed E-state index contributed by atoms with van der Waals surface area (Å²) in [5, 5.41) is 11.5. The number of carbonyl (C=O) groups is 1. The van der Waals surface area contributed by atoms with Gasteiger partial charge in [0.1, 0.15) is 11.4 Å². The molecule has 0 saturated heterocycles. The van der Waals surface area contributed by atoms with Gasteiger partial charge in [0.2, 0.25) is 0 Å². The second-order valence-electron chi connectivity index (χ2n) is 3.61. The molecule has 5 heteroatoms. The fourth-order valence-corrected chi connectivity index (χ4v) is 1.05. The van der Waals surface area contributed by atoms with E-state index >= 15 is 0 Å². The van der Waals surface area contributed by atoms with E-state index in [1.807, 2.05) is 0 Å². The lowest BCUT2D eigenvalue weighted by Gasteiger charge is -2.17. The van der Waals surface area contributed by atoms with Gasteiger partial charge in [-0.1, -0.05) is 17.7 Å². The topological polar surface area (TPSA) is 49.3 Å². The molecule has 0 aliphatic heterocycles. The van der Waals surface area contributed by atoms with Gasteiger partial charge in [0, 0.05) is 0 Å². The second-order valence-corrected chi connectivity index (χ2v) is 3.99. The predicted octanol–water partition coefficient (Wildman–Crippen LogP) is 2.19. The molecule has 15 heavy (non-hydrogen) atoms. The average molecular weight is 232 g/mol. The summed E-state index contributed by atoms with van der Waals surface area (Å²) in [7, 11) is 0. The van der Waals surface area contributed by atoms with Gasteiger partial charge in [-0.2, -0.15) is 0 Å². The van der Waals surface area contributed by atoms with Crippen molar-refractivity contribution in [3.63, 3.8) is 0 Å². The molecule has 0 radical (unpaired) electrons. The Labute approximate surface area is 91.9 Å². The van der Waals surface area contributed by atoms with Crippen molar-refractivity contribution in [2.75, 3.05) is 5.32 Å². The summed E-state index contributed by atoms with van der Waals surface area (Å²) in [5.41, 5.74) is -1.39. The number of anilines is 1. The molecule has 0 spiro atoms. The first kappa shape index (κ1) is 11.9. The van der Waals surface area contributed by atoms with Crippen LogP contribution in [-0.4, -0.2) is 16.6 Å². The normalized spacial score (nSPS) is 11.3. The van der Waals surface area contributed by atoms with Gasteiger partial charge in [-0.3, -0.25) is 4.79 Å². The van der Waals surface area contributed by atoms with Crippen LogP contribution in [0.5, 0.6) is 0 Å². The fourth-order valence-electron chi connectivity index (χ4n) is 0.876. The molecule has 1 aromatic carbocycles. The summed E-state index contributed by atoms with van der Waals surface area (Å²) in [5.74, 6) is -1.26. The summed E-state index contributed by atoms with van der Waals surface area (Å²) in [6.07, 6.45) is 0. The van der Waals surface area contributed by atoms with Crippen molar-refractivity contribution < 1.29 is 14.3 Å². The van der Waals surface area contributed by atoms with Crippen LogP contribution in [0.4, 0.5) is 10.1 Å². The van der Waals surface area contributed by atoms with Crippen molar-refractivity contribution in [1.82, 2.24) is 0 Å². The van der Waals surface area contributed by atoms with E-state index in [1.54, 1.807) is 0 Å². The highest BCUT2D eigenvalue weighted by molar-refractivity contribution is 6.33. The molecular weight excluding hydrogens is 221 g/mol. The van der Waals surface area contributed by atoms with Gasteiger partial charge in [-0.25, -0.2) is 4.39 Å². The first-order chi connectivity index (χ1) is 6.82. The van der Waals surface area contributed by atoms with Crippen LogP contribution >= 0.6 is 11.6 Å². The van der Waals surface area contributed by atoms with Crippen LogP contribution in [0.25, 0.3) is 0 Å².